The van der Waals surface area contributed by atoms with E-state index in [0.717, 1.165) is 16.3 Å². The standard InChI is InChI=1S/C25H22N2O3S/c1-17-6-5-9-23(14-17)27-31(29,30)24-16-21(11-10-18(24)2)25(28)26-22-13-12-19-7-3-4-8-20(19)15-22/h3-16,27H,1-2H3,(H,26,28). The molecule has 0 aliphatic heterocycles. The summed E-state index contributed by atoms with van der Waals surface area (Å²) in [6.45, 7) is 3.59. The van der Waals surface area contributed by atoms with Crippen LogP contribution in [0, 0.1) is 13.8 Å². The minimum absolute atomic E-state index is 0.0696. The molecule has 0 aliphatic rings. The molecule has 4 aromatic carbocycles. The largest absolute Gasteiger partial charge is 0.322 e. The second-order valence-electron chi connectivity index (χ2n) is 7.47. The van der Waals surface area contributed by atoms with Crippen LogP contribution in [-0.4, -0.2) is 14.3 Å². The van der Waals surface area contributed by atoms with Crippen molar-refractivity contribution < 1.29 is 13.2 Å². The molecule has 0 saturated heterocycles. The van der Waals surface area contributed by atoms with Crippen LogP contribution in [0.1, 0.15) is 21.5 Å². The van der Waals surface area contributed by atoms with Crippen LogP contribution in [0.15, 0.2) is 89.8 Å². The summed E-state index contributed by atoms with van der Waals surface area (Å²) in [7, 11) is -3.85. The maximum Gasteiger partial charge on any atom is 0.262 e. The Morgan fingerprint density at radius 2 is 1.52 bits per heavy atom. The van der Waals surface area contributed by atoms with Gasteiger partial charge in [0, 0.05) is 16.9 Å². The minimum Gasteiger partial charge on any atom is -0.322 e. The van der Waals surface area contributed by atoms with Crippen molar-refractivity contribution in [2.45, 2.75) is 18.7 Å². The molecule has 156 valence electrons. The highest BCUT2D eigenvalue weighted by Crippen LogP contribution is 2.23. The lowest BCUT2D eigenvalue weighted by Gasteiger charge is -2.13. The van der Waals surface area contributed by atoms with Gasteiger partial charge in [-0.25, -0.2) is 8.42 Å². The van der Waals surface area contributed by atoms with Crippen LogP contribution in [-0.2, 0) is 10.0 Å². The Morgan fingerprint density at radius 1 is 0.742 bits per heavy atom. The summed E-state index contributed by atoms with van der Waals surface area (Å²) in [5, 5.41) is 4.94. The van der Waals surface area contributed by atoms with E-state index in [4.69, 9.17) is 0 Å². The highest BCUT2D eigenvalue weighted by Gasteiger charge is 2.19. The van der Waals surface area contributed by atoms with Gasteiger partial charge < -0.3 is 5.32 Å². The monoisotopic (exact) mass is 430 g/mol. The number of carbonyl (C=O) groups excluding carboxylic acids is 1. The third kappa shape index (κ3) is 4.59. The van der Waals surface area contributed by atoms with Gasteiger partial charge in [0.1, 0.15) is 0 Å². The summed E-state index contributed by atoms with van der Waals surface area (Å²) in [5.74, 6) is -0.373. The van der Waals surface area contributed by atoms with Gasteiger partial charge in [-0.3, -0.25) is 9.52 Å². The summed E-state index contributed by atoms with van der Waals surface area (Å²) < 4.78 is 28.5. The van der Waals surface area contributed by atoms with Crippen LogP contribution in [0.3, 0.4) is 0 Å². The van der Waals surface area contributed by atoms with E-state index in [-0.39, 0.29) is 16.4 Å². The molecule has 6 heteroatoms. The minimum atomic E-state index is -3.85. The third-order valence-electron chi connectivity index (χ3n) is 5.02. The smallest absolute Gasteiger partial charge is 0.262 e. The third-order valence-corrected chi connectivity index (χ3v) is 6.54. The molecule has 0 aromatic heterocycles. The Labute approximate surface area is 181 Å². The average Bonchev–Trinajstić information content (AvgIpc) is 2.73. The van der Waals surface area contributed by atoms with Crippen molar-refractivity contribution in [1.29, 1.82) is 0 Å². The number of fused-ring (bicyclic) bond motifs is 1. The van der Waals surface area contributed by atoms with E-state index in [9.17, 15) is 13.2 Å². The summed E-state index contributed by atoms with van der Waals surface area (Å²) in [5.41, 5.74) is 2.89. The number of hydrogen-bond acceptors (Lipinski definition) is 3. The van der Waals surface area contributed by atoms with E-state index in [1.54, 1.807) is 37.3 Å². The molecule has 4 rings (SSSR count). The molecule has 4 aromatic rings. The molecule has 0 fully saturated rings. The van der Waals surface area contributed by atoms with Gasteiger partial charge in [0.05, 0.1) is 4.90 Å². The van der Waals surface area contributed by atoms with Gasteiger partial charge in [0.2, 0.25) is 0 Å². The topological polar surface area (TPSA) is 75.3 Å². The molecule has 0 heterocycles. The number of hydrogen-bond donors (Lipinski definition) is 2. The maximum atomic E-state index is 13.0. The first-order valence-corrected chi connectivity index (χ1v) is 11.3. The van der Waals surface area contributed by atoms with Gasteiger partial charge in [0.25, 0.3) is 15.9 Å². The Morgan fingerprint density at radius 3 is 2.29 bits per heavy atom. The van der Waals surface area contributed by atoms with Gasteiger partial charge in [-0.05, 0) is 72.1 Å². The van der Waals surface area contributed by atoms with E-state index in [2.05, 4.69) is 10.0 Å². The Balaban J connectivity index is 1.60. The van der Waals surface area contributed by atoms with Crippen molar-refractivity contribution in [2.24, 2.45) is 0 Å². The van der Waals surface area contributed by atoms with Crippen molar-refractivity contribution in [3.05, 3.63) is 102 Å². The van der Waals surface area contributed by atoms with Crippen molar-refractivity contribution in [3.63, 3.8) is 0 Å². The van der Waals surface area contributed by atoms with Crippen molar-refractivity contribution in [3.8, 4) is 0 Å². The first-order valence-electron chi connectivity index (χ1n) is 9.82. The molecule has 0 unspecified atom stereocenters. The number of aryl methyl sites for hydroxylation is 2. The van der Waals surface area contributed by atoms with Crippen molar-refractivity contribution >= 4 is 38.1 Å². The molecule has 0 atom stereocenters. The molecule has 0 aliphatic carbocycles. The lowest BCUT2D eigenvalue weighted by atomic mass is 10.1. The van der Waals surface area contributed by atoms with Gasteiger partial charge in [-0.2, -0.15) is 0 Å². The van der Waals surface area contributed by atoms with Gasteiger partial charge in [-0.15, -0.1) is 0 Å². The van der Waals surface area contributed by atoms with Crippen LogP contribution >= 0.6 is 0 Å². The SMILES string of the molecule is Cc1cccc(NS(=O)(=O)c2cc(C(=O)Nc3ccc4ccccc4c3)ccc2C)c1. The predicted molar refractivity (Wildman–Crippen MR) is 125 cm³/mol. The Hall–Kier alpha value is -3.64. The molecular weight excluding hydrogens is 408 g/mol. The van der Waals surface area contributed by atoms with Gasteiger partial charge >= 0.3 is 0 Å². The fourth-order valence-corrected chi connectivity index (χ4v) is 4.74. The summed E-state index contributed by atoms with van der Waals surface area (Å²) in [4.78, 5) is 12.9. The highest BCUT2D eigenvalue weighted by atomic mass is 32.2. The number of nitrogens with one attached hydrogen (secondary N) is 2. The van der Waals surface area contributed by atoms with E-state index in [0.29, 0.717) is 16.9 Å². The normalized spacial score (nSPS) is 11.3. The molecule has 0 radical (unpaired) electrons. The van der Waals surface area contributed by atoms with Gasteiger partial charge in [-0.1, -0.05) is 48.5 Å². The molecule has 2 N–H and O–H groups in total. The van der Waals surface area contributed by atoms with E-state index in [1.165, 1.54) is 6.07 Å². The zero-order valence-corrected chi connectivity index (χ0v) is 18.0. The van der Waals surface area contributed by atoms with Crippen LogP contribution in [0.25, 0.3) is 10.8 Å². The zero-order chi connectivity index (χ0) is 22.0. The number of anilines is 2. The van der Waals surface area contributed by atoms with Crippen LogP contribution in [0.5, 0.6) is 0 Å². The lowest BCUT2D eigenvalue weighted by Crippen LogP contribution is -2.17. The molecule has 0 saturated carbocycles. The number of sulfonamides is 1. The number of rotatable bonds is 5. The second-order valence-corrected chi connectivity index (χ2v) is 9.12. The molecule has 31 heavy (non-hydrogen) atoms. The molecule has 0 spiro atoms. The lowest BCUT2D eigenvalue weighted by molar-refractivity contribution is 0.102. The van der Waals surface area contributed by atoms with E-state index >= 15 is 0 Å². The first kappa shape index (κ1) is 20.6. The first-order chi connectivity index (χ1) is 14.8. The summed E-state index contributed by atoms with van der Waals surface area (Å²) in [6, 6.07) is 25.3. The van der Waals surface area contributed by atoms with Crippen LogP contribution < -0.4 is 10.0 Å². The molecular formula is C25H22N2O3S. The quantitative estimate of drug-likeness (QED) is 0.438. The predicted octanol–water partition coefficient (Wildman–Crippen LogP) is 5.51. The fraction of sp³-hybridized carbons (Fsp3) is 0.0800. The maximum absolute atomic E-state index is 13.0. The molecule has 1 amide bonds. The molecule has 0 bridgehead atoms. The average molecular weight is 431 g/mol. The van der Waals surface area contributed by atoms with Crippen LogP contribution in [0.4, 0.5) is 11.4 Å². The fourth-order valence-electron chi connectivity index (χ4n) is 3.42. The highest BCUT2D eigenvalue weighted by molar-refractivity contribution is 7.92. The summed E-state index contributed by atoms with van der Waals surface area (Å²) >= 11 is 0. The number of carbonyl (C=O) groups is 1. The van der Waals surface area contributed by atoms with Crippen molar-refractivity contribution in [1.82, 2.24) is 0 Å². The Bertz CT molecular complexity index is 1400. The van der Waals surface area contributed by atoms with Crippen molar-refractivity contribution in [2.75, 3.05) is 10.0 Å². The van der Waals surface area contributed by atoms with E-state index in [1.807, 2.05) is 55.5 Å². The Kier molecular flexibility index (Phi) is 5.48. The van der Waals surface area contributed by atoms with Gasteiger partial charge in [0.15, 0.2) is 0 Å². The number of amides is 1. The zero-order valence-electron chi connectivity index (χ0n) is 17.2. The summed E-state index contributed by atoms with van der Waals surface area (Å²) in [6.07, 6.45) is 0. The number of benzene rings is 4. The molecule has 5 nitrogen and oxygen atoms in total. The van der Waals surface area contributed by atoms with E-state index < -0.39 is 10.0 Å². The van der Waals surface area contributed by atoms with Crippen LogP contribution in [0.2, 0.25) is 0 Å². The second kappa shape index (κ2) is 8.24.